The van der Waals surface area contributed by atoms with E-state index in [0.29, 0.717) is 0 Å². The monoisotopic (exact) mass is 255 g/mol. The van der Waals surface area contributed by atoms with Crippen LogP contribution in [0.1, 0.15) is 27.4 Å². The summed E-state index contributed by atoms with van der Waals surface area (Å²) < 4.78 is 0. The van der Waals surface area contributed by atoms with Crippen LogP contribution in [0, 0.1) is 0 Å². The summed E-state index contributed by atoms with van der Waals surface area (Å²) in [5, 5.41) is 8.90. The number of aromatic nitrogens is 2. The fourth-order valence-corrected chi connectivity index (χ4v) is 3.05. The van der Waals surface area contributed by atoms with E-state index in [4.69, 9.17) is 5.11 Å². The summed E-state index contributed by atoms with van der Waals surface area (Å²) in [6.45, 7) is 0. The zero-order chi connectivity index (χ0) is 12.4. The second-order valence-electron chi connectivity index (χ2n) is 3.86. The van der Waals surface area contributed by atoms with E-state index in [9.17, 15) is 9.59 Å². The van der Waals surface area contributed by atoms with Crippen molar-refractivity contribution >= 4 is 23.6 Å². The smallest absolute Gasteiger partial charge is 0.354 e. The van der Waals surface area contributed by atoms with Gasteiger partial charge in [-0.15, -0.1) is 0 Å². The van der Waals surface area contributed by atoms with Gasteiger partial charge in [0, 0.05) is 18.8 Å². The van der Waals surface area contributed by atoms with Gasteiger partial charge >= 0.3 is 5.97 Å². The van der Waals surface area contributed by atoms with Crippen LogP contribution >= 0.6 is 11.8 Å². The van der Waals surface area contributed by atoms with Crippen LogP contribution in [0.3, 0.4) is 0 Å². The van der Waals surface area contributed by atoms with Crippen LogP contribution in [-0.2, 0) is 0 Å². The number of carboxylic acid groups (broad SMARTS) is 1. The minimum Gasteiger partial charge on any atom is -0.477 e. The third-order valence-electron chi connectivity index (χ3n) is 2.83. The summed E-state index contributed by atoms with van der Waals surface area (Å²) in [6, 6.07) is 0.172. The molecular weight excluding hydrogens is 242 g/mol. The average molecular weight is 255 g/mol. The van der Waals surface area contributed by atoms with Gasteiger partial charge in [0.25, 0.3) is 5.91 Å². The number of amides is 1. The van der Waals surface area contributed by atoms with E-state index in [-0.39, 0.29) is 23.3 Å². The molecule has 1 aliphatic heterocycles. The normalized spacial score (nSPS) is 19.2. The minimum atomic E-state index is -1.17. The Kier molecular flexibility index (Phi) is 3.37. The predicted molar refractivity (Wildman–Crippen MR) is 63.4 cm³/mol. The van der Waals surface area contributed by atoms with Gasteiger partial charge in [-0.2, -0.15) is 11.8 Å². The number of nitrogens with zero attached hydrogens (tertiary/aromatic N) is 2. The lowest BCUT2D eigenvalue weighted by molar-refractivity contribution is 0.0666. The molecule has 2 heterocycles. The average Bonchev–Trinajstić information content (AvgIpc) is 2.97. The maximum Gasteiger partial charge on any atom is 0.354 e. The van der Waals surface area contributed by atoms with Crippen LogP contribution in [0.2, 0.25) is 0 Å². The SMILES string of the molecule is CN(C(=O)c1nc[nH]c1C(=O)O)C1CCSC1. The van der Waals surface area contributed by atoms with Crippen LogP contribution in [0.4, 0.5) is 0 Å². The first-order valence-corrected chi connectivity index (χ1v) is 6.38. The van der Waals surface area contributed by atoms with Gasteiger partial charge in [0.2, 0.25) is 0 Å². The lowest BCUT2D eigenvalue weighted by Gasteiger charge is -2.22. The third-order valence-corrected chi connectivity index (χ3v) is 3.97. The van der Waals surface area contributed by atoms with Gasteiger partial charge in [-0.3, -0.25) is 4.79 Å². The van der Waals surface area contributed by atoms with Crippen molar-refractivity contribution in [2.45, 2.75) is 12.5 Å². The molecule has 1 atom stereocenters. The topological polar surface area (TPSA) is 86.3 Å². The van der Waals surface area contributed by atoms with Gasteiger partial charge in [0.15, 0.2) is 11.4 Å². The van der Waals surface area contributed by atoms with E-state index < -0.39 is 5.97 Å². The molecule has 1 fully saturated rings. The van der Waals surface area contributed by atoms with Crippen molar-refractivity contribution in [3.05, 3.63) is 17.7 Å². The highest BCUT2D eigenvalue weighted by Crippen LogP contribution is 2.22. The summed E-state index contributed by atoms with van der Waals surface area (Å²) in [7, 11) is 1.69. The fourth-order valence-electron chi connectivity index (χ4n) is 1.78. The van der Waals surface area contributed by atoms with E-state index >= 15 is 0 Å². The molecule has 1 aromatic heterocycles. The summed E-state index contributed by atoms with van der Waals surface area (Å²) >= 11 is 1.80. The first-order valence-electron chi connectivity index (χ1n) is 5.23. The third kappa shape index (κ3) is 2.28. The van der Waals surface area contributed by atoms with E-state index in [0.717, 1.165) is 17.9 Å². The Morgan fingerprint density at radius 1 is 1.65 bits per heavy atom. The van der Waals surface area contributed by atoms with E-state index in [1.165, 1.54) is 6.33 Å². The van der Waals surface area contributed by atoms with Gasteiger partial charge in [0.1, 0.15) is 0 Å². The molecule has 1 aromatic rings. The van der Waals surface area contributed by atoms with Crippen molar-refractivity contribution in [3.63, 3.8) is 0 Å². The minimum absolute atomic E-state index is 0.0168. The number of carbonyl (C=O) groups excluding carboxylic acids is 1. The summed E-state index contributed by atoms with van der Waals surface area (Å²) in [5.74, 6) is 0.431. The number of rotatable bonds is 3. The van der Waals surface area contributed by atoms with E-state index in [1.54, 1.807) is 23.7 Å². The number of hydrogen-bond donors (Lipinski definition) is 2. The van der Waals surface area contributed by atoms with Crippen LogP contribution in [0.5, 0.6) is 0 Å². The predicted octanol–water partition coefficient (Wildman–Crippen LogP) is 0.685. The fraction of sp³-hybridized carbons (Fsp3) is 0.500. The molecule has 1 saturated heterocycles. The molecule has 0 radical (unpaired) electrons. The molecule has 2 N–H and O–H groups in total. The van der Waals surface area contributed by atoms with Gasteiger partial charge in [-0.25, -0.2) is 9.78 Å². The maximum absolute atomic E-state index is 12.1. The van der Waals surface area contributed by atoms with E-state index in [1.807, 2.05) is 0 Å². The van der Waals surface area contributed by atoms with Gasteiger partial charge in [0.05, 0.1) is 6.33 Å². The number of carboxylic acids is 1. The molecule has 1 amide bonds. The highest BCUT2D eigenvalue weighted by Gasteiger charge is 2.28. The lowest BCUT2D eigenvalue weighted by Crippen LogP contribution is -2.37. The lowest BCUT2D eigenvalue weighted by atomic mass is 10.2. The standard InChI is InChI=1S/C10H13N3O3S/c1-13(6-2-3-17-4-6)9(14)7-8(10(15)16)12-5-11-7/h5-6H,2-4H2,1H3,(H,11,12)(H,15,16). The van der Waals surface area contributed by atoms with Crippen molar-refractivity contribution < 1.29 is 14.7 Å². The van der Waals surface area contributed by atoms with Gasteiger partial charge in [-0.1, -0.05) is 0 Å². The molecule has 0 aliphatic carbocycles. The summed E-state index contributed by atoms with van der Waals surface area (Å²) in [4.78, 5) is 30.8. The largest absolute Gasteiger partial charge is 0.477 e. The molecule has 1 unspecified atom stereocenters. The van der Waals surface area contributed by atoms with Crippen molar-refractivity contribution in [2.24, 2.45) is 0 Å². The highest BCUT2D eigenvalue weighted by molar-refractivity contribution is 7.99. The molecule has 0 bridgehead atoms. The van der Waals surface area contributed by atoms with Crippen LogP contribution in [-0.4, -0.2) is 56.4 Å². The zero-order valence-electron chi connectivity index (χ0n) is 9.34. The first-order chi connectivity index (χ1) is 8.11. The second kappa shape index (κ2) is 4.79. The highest BCUT2D eigenvalue weighted by atomic mass is 32.2. The Balaban J connectivity index is 2.18. The summed E-state index contributed by atoms with van der Waals surface area (Å²) in [5.41, 5.74) is -0.163. The van der Waals surface area contributed by atoms with Crippen LogP contribution < -0.4 is 0 Å². The Labute approximate surface area is 102 Å². The van der Waals surface area contributed by atoms with Crippen LogP contribution in [0.15, 0.2) is 6.33 Å². The Bertz CT molecular complexity index is 440. The van der Waals surface area contributed by atoms with Crippen molar-refractivity contribution in [2.75, 3.05) is 18.6 Å². The quantitative estimate of drug-likeness (QED) is 0.829. The molecule has 0 spiro atoms. The molecule has 0 saturated carbocycles. The number of H-pyrrole nitrogens is 1. The number of aromatic amines is 1. The van der Waals surface area contributed by atoms with Crippen molar-refractivity contribution in [3.8, 4) is 0 Å². The molecule has 6 nitrogen and oxygen atoms in total. The molecule has 7 heteroatoms. The number of thioether (sulfide) groups is 1. The van der Waals surface area contributed by atoms with E-state index in [2.05, 4.69) is 9.97 Å². The molecule has 17 heavy (non-hydrogen) atoms. The molecule has 0 aromatic carbocycles. The Morgan fingerprint density at radius 2 is 2.41 bits per heavy atom. The number of hydrogen-bond acceptors (Lipinski definition) is 4. The number of carbonyl (C=O) groups is 2. The molecular formula is C10H13N3O3S. The Morgan fingerprint density at radius 3 is 3.00 bits per heavy atom. The molecule has 2 rings (SSSR count). The summed E-state index contributed by atoms with van der Waals surface area (Å²) in [6.07, 6.45) is 2.17. The second-order valence-corrected chi connectivity index (χ2v) is 5.01. The van der Waals surface area contributed by atoms with Crippen LogP contribution in [0.25, 0.3) is 0 Å². The zero-order valence-corrected chi connectivity index (χ0v) is 10.2. The maximum atomic E-state index is 12.1. The number of aromatic carboxylic acids is 1. The number of nitrogens with one attached hydrogen (secondary N) is 1. The number of imidazole rings is 1. The van der Waals surface area contributed by atoms with Crippen molar-refractivity contribution in [1.29, 1.82) is 0 Å². The molecule has 92 valence electrons. The van der Waals surface area contributed by atoms with Crippen molar-refractivity contribution in [1.82, 2.24) is 14.9 Å². The Hall–Kier alpha value is -1.50. The van der Waals surface area contributed by atoms with Gasteiger partial charge in [-0.05, 0) is 12.2 Å². The van der Waals surface area contributed by atoms with Gasteiger partial charge < -0.3 is 15.0 Å². The first kappa shape index (κ1) is 12.0. The molecule has 1 aliphatic rings.